The molecule has 24 heavy (non-hydrogen) atoms. The normalized spacial score (nSPS) is 12.4. The first kappa shape index (κ1) is 18.1. The second-order valence-electron chi connectivity index (χ2n) is 6.13. The molecular formula is C19H21NO3S. The van der Waals surface area contributed by atoms with Crippen LogP contribution in [0.4, 0.5) is 0 Å². The smallest absolute Gasteiger partial charge is 0.310 e. The molecule has 4 nitrogen and oxygen atoms in total. The minimum atomic E-state index is -1.01. The van der Waals surface area contributed by atoms with Crippen LogP contribution in [-0.2, 0) is 9.59 Å². The molecule has 2 N–H and O–H groups in total. The maximum absolute atomic E-state index is 12.7. The minimum Gasteiger partial charge on any atom is -0.481 e. The average Bonchev–Trinajstić information content (AvgIpc) is 2.59. The van der Waals surface area contributed by atoms with Crippen LogP contribution in [0, 0.1) is 5.41 Å². The predicted octanol–water partition coefficient (Wildman–Crippen LogP) is 3.75. The molecular weight excluding hydrogens is 322 g/mol. The molecule has 0 bridgehead atoms. The number of amides is 1. The summed E-state index contributed by atoms with van der Waals surface area (Å²) < 4.78 is 0. The van der Waals surface area contributed by atoms with Crippen LogP contribution in [0.5, 0.6) is 0 Å². The maximum atomic E-state index is 12.7. The van der Waals surface area contributed by atoms with E-state index >= 15 is 0 Å². The van der Waals surface area contributed by atoms with E-state index in [1.54, 1.807) is 13.8 Å². The number of aliphatic carboxylic acids is 1. The lowest BCUT2D eigenvalue weighted by Gasteiger charge is -2.22. The number of rotatable bonds is 7. The van der Waals surface area contributed by atoms with Gasteiger partial charge in [-0.2, -0.15) is 0 Å². The van der Waals surface area contributed by atoms with Crippen LogP contribution in [0.1, 0.15) is 24.7 Å². The lowest BCUT2D eigenvalue weighted by Crippen LogP contribution is -2.40. The standard InChI is InChI=1S/C19H21NO3S/c1-19(2,18(22)23)13-20-17(21)16(14-9-5-3-6-10-14)24-15-11-7-4-8-12-15/h3-12,16H,13H2,1-2H3,(H,20,21)(H,22,23). The fourth-order valence-corrected chi connectivity index (χ4v) is 3.08. The first-order chi connectivity index (χ1) is 11.4. The van der Waals surface area contributed by atoms with E-state index in [2.05, 4.69) is 5.32 Å². The molecule has 0 aromatic heterocycles. The number of hydrogen-bond donors (Lipinski definition) is 2. The molecule has 0 heterocycles. The maximum Gasteiger partial charge on any atom is 0.310 e. The highest BCUT2D eigenvalue weighted by Crippen LogP contribution is 2.35. The molecule has 0 saturated carbocycles. The summed E-state index contributed by atoms with van der Waals surface area (Å²) in [5.41, 5.74) is -0.120. The Kier molecular flexibility index (Phi) is 6.04. The number of carbonyl (C=O) groups is 2. The second kappa shape index (κ2) is 8.02. The molecule has 0 saturated heterocycles. The van der Waals surface area contributed by atoms with Crippen LogP contribution in [0.2, 0.25) is 0 Å². The van der Waals surface area contributed by atoms with Crippen molar-refractivity contribution in [2.75, 3.05) is 6.54 Å². The molecule has 2 aromatic rings. The minimum absolute atomic E-state index is 0.0832. The third-order valence-electron chi connectivity index (χ3n) is 3.62. The van der Waals surface area contributed by atoms with Crippen molar-refractivity contribution in [2.24, 2.45) is 5.41 Å². The summed E-state index contributed by atoms with van der Waals surface area (Å²) in [6.45, 7) is 3.27. The van der Waals surface area contributed by atoms with Crippen LogP contribution >= 0.6 is 11.8 Å². The summed E-state index contributed by atoms with van der Waals surface area (Å²) in [6, 6.07) is 19.2. The Bertz CT molecular complexity index is 686. The quantitative estimate of drug-likeness (QED) is 0.752. The number of thioether (sulfide) groups is 1. The molecule has 0 fully saturated rings. The molecule has 1 unspecified atom stereocenters. The Labute approximate surface area is 146 Å². The van der Waals surface area contributed by atoms with Crippen molar-refractivity contribution in [1.82, 2.24) is 5.32 Å². The van der Waals surface area contributed by atoms with E-state index in [1.165, 1.54) is 11.8 Å². The number of benzene rings is 2. The summed E-state index contributed by atoms with van der Waals surface area (Å²) in [7, 11) is 0. The molecule has 0 spiro atoms. The Morgan fingerprint density at radius 2 is 1.58 bits per heavy atom. The van der Waals surface area contributed by atoms with Crippen molar-refractivity contribution in [1.29, 1.82) is 0 Å². The number of nitrogens with one attached hydrogen (secondary N) is 1. The fraction of sp³-hybridized carbons (Fsp3) is 0.263. The monoisotopic (exact) mass is 343 g/mol. The van der Waals surface area contributed by atoms with Gasteiger partial charge in [-0.05, 0) is 31.5 Å². The van der Waals surface area contributed by atoms with Gasteiger partial charge in [-0.25, -0.2) is 0 Å². The topological polar surface area (TPSA) is 66.4 Å². The zero-order valence-corrected chi connectivity index (χ0v) is 14.5. The van der Waals surface area contributed by atoms with Crippen LogP contribution in [0.25, 0.3) is 0 Å². The zero-order chi connectivity index (χ0) is 17.6. The SMILES string of the molecule is CC(C)(CNC(=O)C(Sc1ccccc1)c1ccccc1)C(=O)O. The number of carboxylic acid groups (broad SMARTS) is 1. The zero-order valence-electron chi connectivity index (χ0n) is 13.7. The van der Waals surface area contributed by atoms with E-state index in [0.717, 1.165) is 10.5 Å². The van der Waals surface area contributed by atoms with E-state index < -0.39 is 16.6 Å². The molecule has 5 heteroatoms. The third-order valence-corrected chi connectivity index (χ3v) is 4.89. The van der Waals surface area contributed by atoms with Crippen LogP contribution in [-0.4, -0.2) is 23.5 Å². The van der Waals surface area contributed by atoms with E-state index in [4.69, 9.17) is 0 Å². The van der Waals surface area contributed by atoms with Crippen LogP contribution in [0.15, 0.2) is 65.6 Å². The lowest BCUT2D eigenvalue weighted by atomic mass is 9.94. The van der Waals surface area contributed by atoms with Gasteiger partial charge in [0.1, 0.15) is 5.25 Å². The molecule has 0 radical (unpaired) electrons. The molecule has 0 aliphatic heterocycles. The predicted molar refractivity (Wildman–Crippen MR) is 95.9 cm³/mol. The molecule has 1 amide bonds. The number of hydrogen-bond acceptors (Lipinski definition) is 3. The molecule has 0 aliphatic rings. The molecule has 2 aromatic carbocycles. The Balaban J connectivity index is 2.16. The summed E-state index contributed by atoms with van der Waals surface area (Å²) in [5.74, 6) is -1.13. The largest absolute Gasteiger partial charge is 0.481 e. The van der Waals surface area contributed by atoms with Gasteiger partial charge in [-0.15, -0.1) is 11.8 Å². The highest BCUT2D eigenvalue weighted by molar-refractivity contribution is 8.00. The third kappa shape index (κ3) is 4.86. The molecule has 2 rings (SSSR count). The van der Waals surface area contributed by atoms with Gasteiger partial charge in [0.25, 0.3) is 0 Å². The summed E-state index contributed by atoms with van der Waals surface area (Å²) >= 11 is 1.45. The highest BCUT2D eigenvalue weighted by atomic mass is 32.2. The van der Waals surface area contributed by atoms with Gasteiger partial charge in [0.15, 0.2) is 0 Å². The number of carboxylic acids is 1. The van der Waals surface area contributed by atoms with E-state index in [9.17, 15) is 14.7 Å². The average molecular weight is 343 g/mol. The van der Waals surface area contributed by atoms with Crippen molar-refractivity contribution >= 4 is 23.6 Å². The second-order valence-corrected chi connectivity index (χ2v) is 7.31. The summed E-state index contributed by atoms with van der Waals surface area (Å²) in [6.07, 6.45) is 0. The molecule has 1 atom stereocenters. The fourth-order valence-electron chi connectivity index (χ4n) is 2.01. The molecule has 126 valence electrons. The van der Waals surface area contributed by atoms with Gasteiger partial charge in [-0.1, -0.05) is 48.5 Å². The van der Waals surface area contributed by atoms with E-state index in [0.29, 0.717) is 0 Å². The summed E-state index contributed by atoms with van der Waals surface area (Å²) in [5, 5.41) is 11.5. The van der Waals surface area contributed by atoms with Crippen molar-refractivity contribution in [3.05, 3.63) is 66.2 Å². The van der Waals surface area contributed by atoms with Gasteiger partial charge >= 0.3 is 5.97 Å². The first-order valence-corrected chi connectivity index (χ1v) is 8.56. The lowest BCUT2D eigenvalue weighted by molar-refractivity contribution is -0.146. The van der Waals surface area contributed by atoms with E-state index in [-0.39, 0.29) is 12.5 Å². The van der Waals surface area contributed by atoms with Gasteiger partial charge in [0.05, 0.1) is 5.41 Å². The van der Waals surface area contributed by atoms with Crippen LogP contribution in [0.3, 0.4) is 0 Å². The summed E-state index contributed by atoms with van der Waals surface area (Å²) in [4.78, 5) is 24.9. The first-order valence-electron chi connectivity index (χ1n) is 7.68. The van der Waals surface area contributed by atoms with Gasteiger partial charge in [0, 0.05) is 11.4 Å². The van der Waals surface area contributed by atoms with Crippen LogP contribution < -0.4 is 5.32 Å². The van der Waals surface area contributed by atoms with Crippen molar-refractivity contribution in [3.8, 4) is 0 Å². The van der Waals surface area contributed by atoms with E-state index in [1.807, 2.05) is 60.7 Å². The Morgan fingerprint density at radius 3 is 2.12 bits per heavy atom. The van der Waals surface area contributed by atoms with Gasteiger partial charge < -0.3 is 10.4 Å². The van der Waals surface area contributed by atoms with Crippen molar-refractivity contribution in [3.63, 3.8) is 0 Å². The molecule has 0 aliphatic carbocycles. The highest BCUT2D eigenvalue weighted by Gasteiger charge is 2.29. The van der Waals surface area contributed by atoms with Gasteiger partial charge in [0.2, 0.25) is 5.91 Å². The Hall–Kier alpha value is -2.27. The van der Waals surface area contributed by atoms with Crippen molar-refractivity contribution < 1.29 is 14.7 Å². The van der Waals surface area contributed by atoms with Gasteiger partial charge in [-0.3, -0.25) is 9.59 Å². The Morgan fingerprint density at radius 1 is 1.04 bits per heavy atom. The van der Waals surface area contributed by atoms with Crippen molar-refractivity contribution in [2.45, 2.75) is 24.0 Å². The number of carbonyl (C=O) groups excluding carboxylic acids is 1.